The lowest BCUT2D eigenvalue weighted by molar-refractivity contribution is -0.604. The maximum absolute atomic E-state index is 13.7. The molecule has 1 aliphatic rings. The van der Waals surface area contributed by atoms with Crippen LogP contribution >= 0.6 is 0 Å². The van der Waals surface area contributed by atoms with Crippen molar-refractivity contribution in [1.82, 2.24) is 10.2 Å². The number of nitrogens with one attached hydrogen (secondary N) is 1. The third-order valence-corrected chi connectivity index (χ3v) is 6.17. The van der Waals surface area contributed by atoms with Crippen LogP contribution in [0.15, 0.2) is 73.1 Å². The number of methoxy groups -OCH3 is 1. The molecule has 0 bridgehead atoms. The molecule has 0 spiro atoms. The Labute approximate surface area is 198 Å². The molecule has 1 amide bonds. The number of rotatable bonds is 4. The van der Waals surface area contributed by atoms with E-state index in [0.717, 1.165) is 38.4 Å². The number of para-hydroxylation sites is 1. The van der Waals surface area contributed by atoms with Gasteiger partial charge in [-0.25, -0.2) is 0 Å². The molecule has 5 rings (SSSR count). The van der Waals surface area contributed by atoms with E-state index in [-0.39, 0.29) is 11.3 Å². The lowest BCUT2D eigenvalue weighted by atomic mass is 9.85. The average Bonchev–Trinajstić information content (AvgIpc) is 3.38. The lowest BCUT2D eigenvalue weighted by Gasteiger charge is -2.29. The van der Waals surface area contributed by atoms with Crippen molar-refractivity contribution < 1.29 is 14.3 Å². The smallest absolute Gasteiger partial charge is 0.277 e. The van der Waals surface area contributed by atoms with Gasteiger partial charge in [0.1, 0.15) is 11.4 Å². The number of anilines is 1. The molecular weight excluding hydrogens is 428 g/mol. The highest BCUT2D eigenvalue weighted by Gasteiger charge is 2.45. The van der Waals surface area contributed by atoms with E-state index >= 15 is 0 Å². The summed E-state index contributed by atoms with van der Waals surface area (Å²) in [6.07, 6.45) is 2.98. The van der Waals surface area contributed by atoms with Gasteiger partial charge in [0.15, 0.2) is 12.4 Å². The first-order chi connectivity index (χ1) is 16.3. The van der Waals surface area contributed by atoms with Crippen molar-refractivity contribution in [2.24, 2.45) is 0 Å². The molecule has 1 aliphatic heterocycles. The minimum Gasteiger partial charge on any atom is -0.619 e. The Hall–Kier alpha value is -4.13. The van der Waals surface area contributed by atoms with E-state index in [1.807, 2.05) is 54.6 Å². The van der Waals surface area contributed by atoms with Gasteiger partial charge in [-0.1, -0.05) is 51.1 Å². The zero-order chi connectivity index (χ0) is 24.0. The summed E-state index contributed by atoms with van der Waals surface area (Å²) in [6.45, 7) is 6.27. The topological polar surface area (TPSA) is 85.2 Å². The number of aromatic amines is 1. The zero-order valence-electron chi connectivity index (χ0n) is 19.6. The van der Waals surface area contributed by atoms with E-state index in [4.69, 9.17) is 4.74 Å². The van der Waals surface area contributed by atoms with Gasteiger partial charge in [0.05, 0.1) is 18.8 Å². The van der Waals surface area contributed by atoms with Crippen molar-refractivity contribution in [2.75, 3.05) is 12.0 Å². The van der Waals surface area contributed by atoms with Crippen molar-refractivity contribution in [3.05, 3.63) is 101 Å². The second kappa shape index (κ2) is 8.02. The summed E-state index contributed by atoms with van der Waals surface area (Å²) in [5.74, 6) is 0.568. The number of pyridine rings is 1. The first-order valence-corrected chi connectivity index (χ1v) is 11.1. The van der Waals surface area contributed by atoms with Crippen LogP contribution in [0.4, 0.5) is 5.69 Å². The molecular formula is C27H26N4O3. The molecule has 7 nitrogen and oxygen atoms in total. The van der Waals surface area contributed by atoms with E-state index in [2.05, 4.69) is 31.0 Å². The summed E-state index contributed by atoms with van der Waals surface area (Å²) in [7, 11) is 1.64. The van der Waals surface area contributed by atoms with Crippen molar-refractivity contribution >= 4 is 11.6 Å². The second-order valence-corrected chi connectivity index (χ2v) is 9.43. The first kappa shape index (κ1) is 21.7. The number of aromatic nitrogens is 3. The Morgan fingerprint density at radius 3 is 2.44 bits per heavy atom. The molecule has 34 heavy (non-hydrogen) atoms. The van der Waals surface area contributed by atoms with E-state index < -0.39 is 6.04 Å². The number of benzene rings is 2. The molecule has 0 aliphatic carbocycles. The van der Waals surface area contributed by atoms with Crippen LogP contribution in [0.3, 0.4) is 0 Å². The minimum atomic E-state index is -0.391. The normalized spacial score (nSPS) is 15.5. The van der Waals surface area contributed by atoms with Crippen molar-refractivity contribution in [3.8, 4) is 16.9 Å². The fraction of sp³-hybridized carbons (Fsp3) is 0.222. The highest BCUT2D eigenvalue weighted by atomic mass is 16.5. The van der Waals surface area contributed by atoms with Gasteiger partial charge >= 0.3 is 0 Å². The molecule has 0 fully saturated rings. The summed E-state index contributed by atoms with van der Waals surface area (Å²) >= 11 is 0. The molecule has 1 N–H and O–H groups in total. The molecule has 4 aromatic rings. The number of amides is 1. The quantitative estimate of drug-likeness (QED) is 0.356. The van der Waals surface area contributed by atoms with Gasteiger partial charge in [-0.05, 0) is 29.8 Å². The van der Waals surface area contributed by atoms with Gasteiger partial charge < -0.3 is 9.94 Å². The van der Waals surface area contributed by atoms with Crippen LogP contribution in [-0.4, -0.2) is 23.2 Å². The summed E-state index contributed by atoms with van der Waals surface area (Å²) in [4.78, 5) is 15.5. The Morgan fingerprint density at radius 2 is 1.76 bits per heavy atom. The van der Waals surface area contributed by atoms with Crippen molar-refractivity contribution in [1.29, 1.82) is 0 Å². The standard InChI is InChI=1S/C27H26N4O3/c1-27(2,3)25-22-23(28-29-25)26(32)31(24(22)20-9-5-6-10-21(20)34-4)19-13-11-17(12-14-19)18-8-7-15-30(33)16-18/h5-16,24H,1-4H3,(H,28,29). The SMILES string of the molecule is COc1ccccc1C1c2c(C(C)(C)C)n[nH]c2C(=O)N1c1ccc(-c2ccc[n+]([O-])c2)cc1. The van der Waals surface area contributed by atoms with E-state index in [1.165, 1.54) is 12.4 Å². The van der Waals surface area contributed by atoms with E-state index in [1.54, 1.807) is 18.1 Å². The number of H-pyrrole nitrogens is 1. The third kappa shape index (κ3) is 3.50. The molecule has 7 heteroatoms. The van der Waals surface area contributed by atoms with Gasteiger partial charge in [0.25, 0.3) is 5.91 Å². The molecule has 0 saturated carbocycles. The van der Waals surface area contributed by atoms with Crippen LogP contribution in [-0.2, 0) is 5.41 Å². The number of carbonyl (C=O) groups is 1. The van der Waals surface area contributed by atoms with Crippen LogP contribution in [0.5, 0.6) is 5.75 Å². The molecule has 1 atom stereocenters. The maximum atomic E-state index is 13.7. The highest BCUT2D eigenvalue weighted by molar-refractivity contribution is 6.11. The number of hydrogen-bond donors (Lipinski definition) is 1. The van der Waals surface area contributed by atoms with Crippen LogP contribution in [0.2, 0.25) is 0 Å². The molecule has 1 unspecified atom stereocenters. The molecule has 2 aromatic heterocycles. The Kier molecular flexibility index (Phi) is 5.12. The number of ether oxygens (including phenoxy) is 1. The van der Waals surface area contributed by atoms with Gasteiger partial charge in [0, 0.05) is 33.9 Å². The number of fused-ring (bicyclic) bond motifs is 1. The van der Waals surface area contributed by atoms with Crippen LogP contribution in [0.1, 0.15) is 54.1 Å². The molecule has 172 valence electrons. The van der Waals surface area contributed by atoms with E-state index in [0.29, 0.717) is 11.4 Å². The Balaban J connectivity index is 1.65. The number of nitrogens with zero attached hydrogens (tertiary/aromatic N) is 3. The summed E-state index contributed by atoms with van der Waals surface area (Å²) in [5, 5.41) is 19.2. The van der Waals surface area contributed by atoms with E-state index in [9.17, 15) is 10.0 Å². The first-order valence-electron chi connectivity index (χ1n) is 11.1. The Bertz CT molecular complexity index is 1370. The molecule has 0 saturated heterocycles. The predicted molar refractivity (Wildman–Crippen MR) is 130 cm³/mol. The lowest BCUT2D eigenvalue weighted by Crippen LogP contribution is -2.30. The largest absolute Gasteiger partial charge is 0.619 e. The molecule has 0 radical (unpaired) electrons. The van der Waals surface area contributed by atoms with Crippen molar-refractivity contribution in [2.45, 2.75) is 32.2 Å². The maximum Gasteiger partial charge on any atom is 0.277 e. The molecule has 2 aromatic carbocycles. The van der Waals surface area contributed by atoms with Gasteiger partial charge in [-0.3, -0.25) is 14.8 Å². The second-order valence-electron chi connectivity index (χ2n) is 9.43. The fourth-order valence-electron chi connectivity index (χ4n) is 4.61. The fourth-order valence-corrected chi connectivity index (χ4v) is 4.61. The third-order valence-electron chi connectivity index (χ3n) is 6.17. The van der Waals surface area contributed by atoms with Crippen LogP contribution < -0.4 is 14.4 Å². The zero-order valence-corrected chi connectivity index (χ0v) is 19.6. The highest BCUT2D eigenvalue weighted by Crippen LogP contribution is 2.47. The van der Waals surface area contributed by atoms with Gasteiger partial charge in [0.2, 0.25) is 0 Å². The monoisotopic (exact) mass is 454 g/mol. The summed E-state index contributed by atoms with van der Waals surface area (Å²) < 4.78 is 6.46. The average molecular weight is 455 g/mol. The van der Waals surface area contributed by atoms with Gasteiger partial charge in [-0.2, -0.15) is 9.83 Å². The minimum absolute atomic E-state index is 0.140. The summed E-state index contributed by atoms with van der Waals surface area (Å²) in [5.41, 5.74) is 5.32. The van der Waals surface area contributed by atoms with Crippen LogP contribution in [0.25, 0.3) is 11.1 Å². The number of carbonyl (C=O) groups excluding carboxylic acids is 1. The van der Waals surface area contributed by atoms with Crippen molar-refractivity contribution in [3.63, 3.8) is 0 Å². The Morgan fingerprint density at radius 1 is 1.03 bits per heavy atom. The van der Waals surface area contributed by atoms with Crippen LogP contribution in [0, 0.1) is 5.21 Å². The van der Waals surface area contributed by atoms with Gasteiger partial charge in [-0.15, -0.1) is 0 Å². The number of hydrogen-bond acceptors (Lipinski definition) is 4. The summed E-state index contributed by atoms with van der Waals surface area (Å²) in [6, 6.07) is 18.6. The predicted octanol–water partition coefficient (Wildman–Crippen LogP) is 4.77. The molecule has 3 heterocycles.